The van der Waals surface area contributed by atoms with Crippen LogP contribution in [0.3, 0.4) is 0 Å². The number of nitrogens with zero attached hydrogens (tertiary/aromatic N) is 1. The second-order valence-corrected chi connectivity index (χ2v) is 7.79. The number of amides is 2. The molecule has 5 nitrogen and oxygen atoms in total. The van der Waals surface area contributed by atoms with E-state index in [1.54, 1.807) is 24.3 Å². The van der Waals surface area contributed by atoms with Crippen LogP contribution in [0.4, 0.5) is 0 Å². The van der Waals surface area contributed by atoms with Crippen molar-refractivity contribution in [2.75, 3.05) is 6.54 Å². The number of benzene rings is 2. The number of rotatable bonds is 6. The molecule has 0 saturated heterocycles. The molecule has 0 saturated carbocycles. The third-order valence-electron chi connectivity index (χ3n) is 4.69. The highest BCUT2D eigenvalue weighted by molar-refractivity contribution is 6.35. The molecule has 1 aliphatic rings. The highest BCUT2D eigenvalue weighted by Crippen LogP contribution is 2.27. The van der Waals surface area contributed by atoms with E-state index >= 15 is 0 Å². The van der Waals surface area contributed by atoms with Crippen LogP contribution in [0, 0.1) is 5.92 Å². The summed E-state index contributed by atoms with van der Waals surface area (Å²) in [6.45, 7) is 0.0799. The minimum atomic E-state index is -0.675. The zero-order valence-electron chi connectivity index (χ0n) is 16.1. The van der Waals surface area contributed by atoms with E-state index < -0.39 is 17.7 Å². The van der Waals surface area contributed by atoms with Crippen molar-refractivity contribution in [3.63, 3.8) is 0 Å². The van der Waals surface area contributed by atoms with Crippen molar-refractivity contribution >= 4 is 40.9 Å². The normalized spacial score (nSPS) is 17.5. The summed E-state index contributed by atoms with van der Waals surface area (Å²) in [6, 6.07) is 18.2. The van der Waals surface area contributed by atoms with Crippen molar-refractivity contribution in [1.29, 1.82) is 0 Å². The van der Waals surface area contributed by atoms with Crippen LogP contribution in [0.5, 0.6) is 0 Å². The summed E-state index contributed by atoms with van der Waals surface area (Å²) >= 11 is 12.1. The van der Waals surface area contributed by atoms with Crippen molar-refractivity contribution in [3.05, 3.63) is 94.0 Å². The summed E-state index contributed by atoms with van der Waals surface area (Å²) in [5, 5.41) is 3.76. The quantitative estimate of drug-likeness (QED) is 0.522. The first-order valence-corrected chi connectivity index (χ1v) is 10.2. The Kier molecular flexibility index (Phi) is 7.44. The summed E-state index contributed by atoms with van der Waals surface area (Å²) in [6.07, 6.45) is 3.63. The van der Waals surface area contributed by atoms with Crippen LogP contribution >= 0.6 is 23.2 Å². The Hall–Kier alpha value is -2.89. The van der Waals surface area contributed by atoms with Crippen LogP contribution in [0.25, 0.3) is 0 Å². The molecule has 3 rings (SSSR count). The zero-order valence-corrected chi connectivity index (χ0v) is 17.6. The fourth-order valence-corrected chi connectivity index (χ4v) is 3.75. The van der Waals surface area contributed by atoms with Crippen LogP contribution in [0.15, 0.2) is 87.9 Å². The molecule has 2 unspecified atom stereocenters. The van der Waals surface area contributed by atoms with E-state index in [1.807, 2.05) is 48.5 Å². The van der Waals surface area contributed by atoms with E-state index in [2.05, 4.69) is 10.3 Å². The second kappa shape index (κ2) is 10.2. The number of hydrogen-bond donors (Lipinski definition) is 2. The average molecular weight is 442 g/mol. The molecule has 2 amide bonds. The number of aliphatic imine (C=N–C) groups is 1. The lowest BCUT2D eigenvalue weighted by atomic mass is 9.96. The molecule has 0 fully saturated rings. The number of carbonyl (C=O) groups excluding carboxylic acids is 2. The smallest absolute Gasteiger partial charge is 0.256 e. The maximum atomic E-state index is 12.9. The van der Waals surface area contributed by atoms with Crippen molar-refractivity contribution in [2.45, 2.75) is 12.3 Å². The van der Waals surface area contributed by atoms with Crippen LogP contribution in [0.1, 0.15) is 23.5 Å². The first-order chi connectivity index (χ1) is 14.4. The Balaban J connectivity index is 1.76. The monoisotopic (exact) mass is 441 g/mol. The largest absolute Gasteiger partial charge is 0.383 e. The molecule has 0 bridgehead atoms. The fourth-order valence-electron chi connectivity index (χ4n) is 3.12. The maximum absolute atomic E-state index is 12.9. The fraction of sp³-hybridized carbons (Fsp3) is 0.174. The molecule has 3 N–H and O–H groups in total. The van der Waals surface area contributed by atoms with Crippen LogP contribution in [-0.2, 0) is 9.59 Å². The third kappa shape index (κ3) is 5.81. The molecule has 2 aromatic rings. The molecule has 1 aliphatic carbocycles. The van der Waals surface area contributed by atoms with Gasteiger partial charge in [0.15, 0.2) is 0 Å². The van der Waals surface area contributed by atoms with E-state index in [1.165, 1.54) is 0 Å². The van der Waals surface area contributed by atoms with Gasteiger partial charge in [0.05, 0.1) is 11.8 Å². The van der Waals surface area contributed by atoms with Crippen LogP contribution < -0.4 is 11.1 Å². The number of nitrogens with two attached hydrogens (primary N) is 1. The molecule has 0 radical (unpaired) electrons. The predicted molar refractivity (Wildman–Crippen MR) is 120 cm³/mol. The maximum Gasteiger partial charge on any atom is 0.256 e. The molecule has 0 spiro atoms. The number of allylic oxidation sites excluding steroid dienone is 3. The van der Waals surface area contributed by atoms with Crippen LogP contribution in [-0.4, -0.2) is 24.2 Å². The van der Waals surface area contributed by atoms with Gasteiger partial charge in [0, 0.05) is 22.2 Å². The predicted octanol–water partition coefficient (Wildman–Crippen LogP) is 4.08. The molecular formula is C23H21Cl2N3O2. The lowest BCUT2D eigenvalue weighted by molar-refractivity contribution is -0.124. The van der Waals surface area contributed by atoms with Gasteiger partial charge in [0.2, 0.25) is 5.91 Å². The van der Waals surface area contributed by atoms with Crippen molar-refractivity contribution < 1.29 is 9.59 Å². The first kappa shape index (κ1) is 21.8. The van der Waals surface area contributed by atoms with Gasteiger partial charge in [-0.15, -0.1) is 0 Å². The molecule has 0 aromatic heterocycles. The summed E-state index contributed by atoms with van der Waals surface area (Å²) in [4.78, 5) is 29.6. The molecule has 30 heavy (non-hydrogen) atoms. The topological polar surface area (TPSA) is 84.5 Å². The van der Waals surface area contributed by atoms with Gasteiger partial charge in [-0.25, -0.2) is 0 Å². The van der Waals surface area contributed by atoms with Gasteiger partial charge in [0.1, 0.15) is 5.84 Å². The molecule has 0 aliphatic heterocycles. The average Bonchev–Trinajstić information content (AvgIpc) is 2.74. The lowest BCUT2D eigenvalue weighted by Gasteiger charge is -2.19. The van der Waals surface area contributed by atoms with E-state index in [4.69, 9.17) is 28.9 Å². The number of hydrogen-bond acceptors (Lipinski definition) is 2. The van der Waals surface area contributed by atoms with Gasteiger partial charge in [-0.3, -0.25) is 9.59 Å². The Morgan fingerprint density at radius 2 is 1.70 bits per heavy atom. The molecule has 2 atom stereocenters. The Bertz CT molecular complexity index is 1000. The SMILES string of the molecule is NC(=NC(=O)C(CNC(=O)C1C=C(Cl)C=C(Cl)C1)c1ccccc1)c1ccccc1. The number of halogens is 2. The van der Waals surface area contributed by atoms with E-state index in [0.29, 0.717) is 22.0 Å². The molecule has 2 aromatic carbocycles. The molecule has 0 heterocycles. The van der Waals surface area contributed by atoms with Crippen molar-refractivity contribution in [1.82, 2.24) is 5.32 Å². The Morgan fingerprint density at radius 3 is 2.33 bits per heavy atom. The Morgan fingerprint density at radius 1 is 1.07 bits per heavy atom. The number of amidine groups is 1. The highest BCUT2D eigenvalue weighted by Gasteiger charge is 2.25. The molecule has 7 heteroatoms. The third-order valence-corrected chi connectivity index (χ3v) is 5.19. The standard InChI is InChI=1S/C23H21Cl2N3O2/c24-18-11-17(12-19(25)13-18)22(29)27-14-20(15-7-3-1-4-8-15)23(30)28-21(26)16-9-5-2-6-10-16/h1-11,13,17,20H,12,14H2,(H,27,29)(H2,26,28,30). The Labute approximate surface area is 185 Å². The number of nitrogens with one attached hydrogen (secondary N) is 1. The van der Waals surface area contributed by atoms with Crippen molar-refractivity contribution in [3.8, 4) is 0 Å². The zero-order chi connectivity index (χ0) is 21.5. The minimum Gasteiger partial charge on any atom is -0.383 e. The summed E-state index contributed by atoms with van der Waals surface area (Å²) in [5.41, 5.74) is 7.41. The van der Waals surface area contributed by atoms with E-state index in [0.717, 1.165) is 5.56 Å². The van der Waals surface area contributed by atoms with E-state index in [-0.39, 0.29) is 18.3 Å². The lowest BCUT2D eigenvalue weighted by Crippen LogP contribution is -2.36. The highest BCUT2D eigenvalue weighted by atomic mass is 35.5. The summed E-state index contributed by atoms with van der Waals surface area (Å²) < 4.78 is 0. The first-order valence-electron chi connectivity index (χ1n) is 9.43. The summed E-state index contributed by atoms with van der Waals surface area (Å²) in [7, 11) is 0. The van der Waals surface area contributed by atoms with Gasteiger partial charge in [0.25, 0.3) is 5.91 Å². The van der Waals surface area contributed by atoms with Crippen molar-refractivity contribution in [2.24, 2.45) is 16.6 Å². The van der Waals surface area contributed by atoms with Gasteiger partial charge >= 0.3 is 0 Å². The van der Waals surface area contributed by atoms with Gasteiger partial charge in [-0.2, -0.15) is 4.99 Å². The second-order valence-electron chi connectivity index (χ2n) is 6.86. The molecular weight excluding hydrogens is 421 g/mol. The summed E-state index contributed by atoms with van der Waals surface area (Å²) in [5.74, 6) is -1.72. The minimum absolute atomic E-state index is 0.0799. The van der Waals surface area contributed by atoms with Gasteiger partial charge in [-0.1, -0.05) is 89.9 Å². The number of carbonyl (C=O) groups is 2. The molecule has 154 valence electrons. The van der Waals surface area contributed by atoms with Gasteiger partial charge < -0.3 is 11.1 Å². The van der Waals surface area contributed by atoms with Crippen LogP contribution in [0.2, 0.25) is 0 Å². The van der Waals surface area contributed by atoms with Gasteiger partial charge in [-0.05, 0) is 18.1 Å². The van der Waals surface area contributed by atoms with E-state index in [9.17, 15) is 9.59 Å².